The molecule has 0 radical (unpaired) electrons. The second kappa shape index (κ2) is 40.9. The van der Waals surface area contributed by atoms with Crippen LogP contribution in [-0.4, -0.2) is 37.2 Å². The molecule has 298 valence electrons. The van der Waals surface area contributed by atoms with E-state index < -0.39 is 6.10 Å². The van der Waals surface area contributed by atoms with E-state index in [1.807, 2.05) is 0 Å². The van der Waals surface area contributed by atoms with Crippen molar-refractivity contribution in [2.75, 3.05) is 13.2 Å². The first-order valence-electron chi connectivity index (χ1n) is 21.3. The predicted octanol–water partition coefficient (Wildman–Crippen LogP) is 13.4. The number of esters is 3. The molecule has 0 aromatic carbocycles. The fourth-order valence-electron chi connectivity index (χ4n) is 5.55. The normalized spacial score (nSPS) is 12.6. The summed E-state index contributed by atoms with van der Waals surface area (Å²) >= 11 is 0. The van der Waals surface area contributed by atoms with Crippen molar-refractivity contribution in [1.82, 2.24) is 0 Å². The molecule has 0 rings (SSSR count). The van der Waals surface area contributed by atoms with Gasteiger partial charge in [-0.25, -0.2) is 0 Å². The van der Waals surface area contributed by atoms with Crippen molar-refractivity contribution >= 4 is 17.9 Å². The van der Waals surface area contributed by atoms with Crippen LogP contribution >= 0.6 is 0 Å². The Bertz CT molecular complexity index is 975. The fourth-order valence-corrected chi connectivity index (χ4v) is 5.55. The minimum absolute atomic E-state index is 0.0966. The highest BCUT2D eigenvalue weighted by molar-refractivity contribution is 5.71. The molecule has 1 atom stereocenters. The van der Waals surface area contributed by atoms with Crippen LogP contribution in [0.5, 0.6) is 0 Å². The molecule has 0 aromatic rings. The van der Waals surface area contributed by atoms with Crippen LogP contribution in [0.25, 0.3) is 0 Å². The molecule has 0 aliphatic carbocycles. The third kappa shape index (κ3) is 38.3. The summed E-state index contributed by atoms with van der Waals surface area (Å²) in [6, 6.07) is 0. The molecule has 0 heterocycles. The van der Waals surface area contributed by atoms with Gasteiger partial charge in [0.05, 0.1) is 0 Å². The Labute approximate surface area is 320 Å². The monoisotopic (exact) mass is 727 g/mol. The minimum Gasteiger partial charge on any atom is -0.462 e. The Morgan fingerprint density at radius 2 is 0.827 bits per heavy atom. The van der Waals surface area contributed by atoms with Gasteiger partial charge in [-0.05, 0) is 70.6 Å². The maximum atomic E-state index is 12.6. The fraction of sp³-hybridized carbons (Fsp3) is 0.717. The van der Waals surface area contributed by atoms with Crippen LogP contribution in [0.1, 0.15) is 194 Å². The molecule has 0 spiro atoms. The highest BCUT2D eigenvalue weighted by Gasteiger charge is 2.19. The standard InChI is InChI=1S/C46H78O6/c1-4-7-10-13-16-19-22-25-27-30-33-36-39-45(48)51-42-43(52-46(49)40-37-34-31-28-24-21-18-15-12-9-6-3)41-50-44(47)38-35-32-29-26-23-20-17-14-11-8-5-2/h7,10,15-16,18-19,21,24-25,27,43H,4-6,8-9,11-14,17,20,22-23,26,28-42H2,1-3H3/b10-7-,18-15-,19-16-,24-21-,27-25-. The second-order valence-electron chi connectivity index (χ2n) is 13.9. The van der Waals surface area contributed by atoms with E-state index in [0.717, 1.165) is 89.9 Å². The lowest BCUT2D eigenvalue weighted by atomic mass is 10.1. The number of hydrogen-bond acceptors (Lipinski definition) is 6. The van der Waals surface area contributed by atoms with E-state index in [0.29, 0.717) is 12.8 Å². The Morgan fingerprint density at radius 1 is 0.423 bits per heavy atom. The van der Waals surface area contributed by atoms with E-state index in [1.165, 1.54) is 64.2 Å². The van der Waals surface area contributed by atoms with Crippen LogP contribution in [0.4, 0.5) is 0 Å². The molecule has 52 heavy (non-hydrogen) atoms. The summed E-state index contributed by atoms with van der Waals surface area (Å²) in [6.45, 7) is 6.37. The number of allylic oxidation sites excluding steroid dienone is 10. The van der Waals surface area contributed by atoms with Crippen molar-refractivity contribution < 1.29 is 28.6 Å². The van der Waals surface area contributed by atoms with Gasteiger partial charge in [-0.15, -0.1) is 0 Å². The molecule has 0 aliphatic heterocycles. The zero-order valence-electron chi connectivity index (χ0n) is 33.8. The SMILES string of the molecule is CC/C=C\C/C=C\C/C=C\CCCCC(=O)OCC(COC(=O)CCCCCCCCCCCCC)OC(=O)CCCCC/C=C\C=C/CCCC. The van der Waals surface area contributed by atoms with Crippen molar-refractivity contribution in [1.29, 1.82) is 0 Å². The van der Waals surface area contributed by atoms with Crippen molar-refractivity contribution in [3.05, 3.63) is 60.8 Å². The number of rotatable bonds is 37. The van der Waals surface area contributed by atoms with Gasteiger partial charge in [-0.3, -0.25) is 14.4 Å². The van der Waals surface area contributed by atoms with E-state index >= 15 is 0 Å². The second-order valence-corrected chi connectivity index (χ2v) is 13.9. The van der Waals surface area contributed by atoms with Crippen molar-refractivity contribution in [2.24, 2.45) is 0 Å². The lowest BCUT2D eigenvalue weighted by molar-refractivity contribution is -0.167. The van der Waals surface area contributed by atoms with E-state index in [2.05, 4.69) is 81.5 Å². The van der Waals surface area contributed by atoms with Crippen molar-refractivity contribution in [3.8, 4) is 0 Å². The third-order valence-electron chi connectivity index (χ3n) is 8.78. The smallest absolute Gasteiger partial charge is 0.306 e. The molecule has 6 nitrogen and oxygen atoms in total. The van der Waals surface area contributed by atoms with Crippen molar-refractivity contribution in [3.63, 3.8) is 0 Å². The molecule has 0 N–H and O–H groups in total. The van der Waals surface area contributed by atoms with Crippen LogP contribution < -0.4 is 0 Å². The molecule has 0 fully saturated rings. The zero-order chi connectivity index (χ0) is 38.0. The average molecular weight is 727 g/mol. The van der Waals surface area contributed by atoms with Crippen molar-refractivity contribution in [2.45, 2.75) is 200 Å². The molecule has 0 aliphatic rings. The molecule has 0 bridgehead atoms. The van der Waals surface area contributed by atoms with Gasteiger partial charge in [0.15, 0.2) is 6.10 Å². The van der Waals surface area contributed by atoms with E-state index in [4.69, 9.17) is 14.2 Å². The number of ether oxygens (including phenoxy) is 3. The summed E-state index contributed by atoms with van der Waals surface area (Å²) in [6.07, 6.45) is 47.8. The molecule has 0 saturated heterocycles. The largest absolute Gasteiger partial charge is 0.462 e. The van der Waals surface area contributed by atoms with E-state index in [-0.39, 0.29) is 37.5 Å². The summed E-state index contributed by atoms with van der Waals surface area (Å²) in [7, 11) is 0. The van der Waals surface area contributed by atoms with Gasteiger partial charge in [0, 0.05) is 19.3 Å². The molecule has 0 amide bonds. The number of carbonyl (C=O) groups is 3. The quantitative estimate of drug-likeness (QED) is 0.0208. The highest BCUT2D eigenvalue weighted by atomic mass is 16.6. The summed E-state index contributed by atoms with van der Waals surface area (Å²) in [4.78, 5) is 37.6. The van der Waals surface area contributed by atoms with Gasteiger partial charge in [0.2, 0.25) is 0 Å². The molecule has 1 unspecified atom stereocenters. The lowest BCUT2D eigenvalue weighted by Crippen LogP contribution is -2.30. The molecule has 0 saturated carbocycles. The van der Waals surface area contributed by atoms with Crippen LogP contribution in [0.2, 0.25) is 0 Å². The van der Waals surface area contributed by atoms with Gasteiger partial charge >= 0.3 is 17.9 Å². The van der Waals surface area contributed by atoms with Gasteiger partial charge in [-0.2, -0.15) is 0 Å². The maximum Gasteiger partial charge on any atom is 0.306 e. The van der Waals surface area contributed by atoms with Gasteiger partial charge in [0.25, 0.3) is 0 Å². The number of unbranched alkanes of at least 4 members (excludes halogenated alkanes) is 17. The Kier molecular flexibility index (Phi) is 38.6. The Morgan fingerprint density at radius 3 is 1.38 bits per heavy atom. The maximum absolute atomic E-state index is 12.6. The van der Waals surface area contributed by atoms with Crippen LogP contribution in [0.15, 0.2) is 60.8 Å². The van der Waals surface area contributed by atoms with Gasteiger partial charge in [0.1, 0.15) is 13.2 Å². The van der Waals surface area contributed by atoms with Crippen LogP contribution in [-0.2, 0) is 28.6 Å². The Balaban J connectivity index is 4.48. The first-order valence-corrected chi connectivity index (χ1v) is 21.3. The molecule has 6 heteroatoms. The molecular formula is C46H78O6. The van der Waals surface area contributed by atoms with E-state index in [9.17, 15) is 14.4 Å². The summed E-state index contributed by atoms with van der Waals surface area (Å²) in [5.41, 5.74) is 0. The van der Waals surface area contributed by atoms with Gasteiger partial charge in [-0.1, -0.05) is 165 Å². The predicted molar refractivity (Wildman–Crippen MR) is 219 cm³/mol. The molecular weight excluding hydrogens is 648 g/mol. The molecule has 0 aromatic heterocycles. The number of carbonyl (C=O) groups excluding carboxylic acids is 3. The lowest BCUT2D eigenvalue weighted by Gasteiger charge is -2.18. The highest BCUT2D eigenvalue weighted by Crippen LogP contribution is 2.13. The third-order valence-corrected chi connectivity index (χ3v) is 8.78. The van der Waals surface area contributed by atoms with Crippen LogP contribution in [0.3, 0.4) is 0 Å². The van der Waals surface area contributed by atoms with E-state index in [1.54, 1.807) is 0 Å². The average Bonchev–Trinajstić information content (AvgIpc) is 3.14. The van der Waals surface area contributed by atoms with Gasteiger partial charge < -0.3 is 14.2 Å². The Hall–Kier alpha value is -2.89. The number of hydrogen-bond donors (Lipinski definition) is 0. The summed E-state index contributed by atoms with van der Waals surface area (Å²) in [5, 5.41) is 0. The van der Waals surface area contributed by atoms with Crippen LogP contribution in [0, 0.1) is 0 Å². The minimum atomic E-state index is -0.798. The zero-order valence-corrected chi connectivity index (χ0v) is 33.8. The summed E-state index contributed by atoms with van der Waals surface area (Å²) in [5.74, 6) is -0.974. The topological polar surface area (TPSA) is 78.9 Å². The first kappa shape index (κ1) is 49.1. The summed E-state index contributed by atoms with van der Waals surface area (Å²) < 4.78 is 16.6. The first-order chi connectivity index (χ1) is 25.5.